The predicted molar refractivity (Wildman–Crippen MR) is 97.6 cm³/mol. The first-order valence-corrected chi connectivity index (χ1v) is 8.81. The fourth-order valence-electron chi connectivity index (χ4n) is 2.59. The molecule has 0 aliphatic rings. The van der Waals surface area contributed by atoms with Gasteiger partial charge in [0, 0.05) is 12.6 Å². The van der Waals surface area contributed by atoms with Crippen molar-refractivity contribution >= 4 is 11.6 Å². The third-order valence-corrected chi connectivity index (χ3v) is 4.12. The minimum Gasteiger partial charge on any atom is -0.497 e. The first-order valence-electron chi connectivity index (χ1n) is 8.81. The minimum absolute atomic E-state index is 0.0271. The number of nitrogens with one attached hydrogen (secondary N) is 1. The number of hydrogen-bond acceptors (Lipinski definition) is 5. The molecule has 10 heteroatoms. The van der Waals surface area contributed by atoms with E-state index in [4.69, 9.17) is 9.47 Å². The van der Waals surface area contributed by atoms with Crippen LogP contribution >= 0.6 is 0 Å². The molecule has 0 aliphatic carbocycles. The van der Waals surface area contributed by atoms with E-state index in [9.17, 15) is 18.0 Å². The zero-order valence-electron chi connectivity index (χ0n) is 15.6. The minimum atomic E-state index is -4.47. The number of carbonyl (C=O) groups is 1. The van der Waals surface area contributed by atoms with E-state index in [1.165, 1.54) is 10.5 Å². The highest BCUT2D eigenvalue weighted by atomic mass is 19.4. The van der Waals surface area contributed by atoms with E-state index in [-0.39, 0.29) is 30.3 Å². The molecule has 154 valence electrons. The number of carbonyl (C=O) groups excluding carboxylic acids is 1. The van der Waals surface area contributed by atoms with E-state index in [1.54, 1.807) is 31.4 Å². The number of amides is 1. The molecule has 0 aliphatic heterocycles. The van der Waals surface area contributed by atoms with Crippen molar-refractivity contribution in [1.29, 1.82) is 0 Å². The lowest BCUT2D eigenvalue weighted by Crippen LogP contribution is -2.24. The van der Waals surface area contributed by atoms with Crippen molar-refractivity contribution in [3.8, 4) is 11.5 Å². The maximum Gasteiger partial charge on any atom is 0.417 e. The monoisotopic (exact) mass is 408 g/mol. The summed E-state index contributed by atoms with van der Waals surface area (Å²) in [6.07, 6.45) is -2.86. The van der Waals surface area contributed by atoms with E-state index in [2.05, 4.69) is 15.5 Å². The van der Waals surface area contributed by atoms with Crippen LogP contribution in [-0.2, 0) is 17.5 Å². The summed E-state index contributed by atoms with van der Waals surface area (Å²) >= 11 is 0. The van der Waals surface area contributed by atoms with E-state index in [0.29, 0.717) is 18.8 Å². The van der Waals surface area contributed by atoms with Crippen molar-refractivity contribution in [1.82, 2.24) is 19.9 Å². The molecule has 1 aromatic carbocycles. The van der Waals surface area contributed by atoms with Crippen LogP contribution < -0.4 is 14.8 Å². The molecular weight excluding hydrogens is 389 g/mol. The Morgan fingerprint density at radius 2 is 1.83 bits per heavy atom. The number of aromatic nitrogens is 3. The standard InChI is InChI=1S/C19H19F3N4O3/c1-28-14-5-7-15(8-6-14)29-10-2-3-18(27)23-11-17-25-24-16-9-4-13(12-26(16)17)19(20,21)22/h4-9,12H,2-3,10-11H2,1H3,(H,23,27). The fraction of sp³-hybridized carbons (Fsp3) is 0.316. The summed E-state index contributed by atoms with van der Waals surface area (Å²) in [5.74, 6) is 1.35. The molecule has 0 saturated carbocycles. The van der Waals surface area contributed by atoms with E-state index >= 15 is 0 Å². The molecule has 7 nitrogen and oxygen atoms in total. The van der Waals surface area contributed by atoms with Crippen LogP contribution in [0.2, 0.25) is 0 Å². The molecule has 0 radical (unpaired) electrons. The normalized spacial score (nSPS) is 11.4. The molecule has 2 heterocycles. The molecule has 0 fully saturated rings. The third-order valence-electron chi connectivity index (χ3n) is 4.12. The van der Waals surface area contributed by atoms with Gasteiger partial charge in [-0.25, -0.2) is 0 Å². The molecule has 0 saturated heterocycles. The number of rotatable bonds is 8. The molecule has 0 atom stereocenters. The van der Waals surface area contributed by atoms with Crippen molar-refractivity contribution < 1.29 is 27.4 Å². The van der Waals surface area contributed by atoms with Gasteiger partial charge in [-0.05, 0) is 42.8 Å². The second-order valence-corrected chi connectivity index (χ2v) is 6.16. The molecule has 1 N–H and O–H groups in total. The van der Waals surface area contributed by atoms with Crippen LogP contribution in [0.5, 0.6) is 11.5 Å². The molecule has 1 amide bonds. The maximum atomic E-state index is 12.9. The number of hydrogen-bond donors (Lipinski definition) is 1. The van der Waals surface area contributed by atoms with Gasteiger partial charge in [0.15, 0.2) is 11.5 Å². The van der Waals surface area contributed by atoms with Crippen LogP contribution in [0.15, 0.2) is 42.6 Å². The summed E-state index contributed by atoms with van der Waals surface area (Å²) in [6.45, 7) is 0.323. The van der Waals surface area contributed by atoms with E-state index in [0.717, 1.165) is 18.0 Å². The Morgan fingerprint density at radius 1 is 1.10 bits per heavy atom. The number of fused-ring (bicyclic) bond motifs is 1. The highest BCUT2D eigenvalue weighted by molar-refractivity contribution is 5.75. The number of alkyl halides is 3. The Bertz CT molecular complexity index is 971. The quantitative estimate of drug-likeness (QED) is 0.579. The van der Waals surface area contributed by atoms with Crippen LogP contribution in [0.4, 0.5) is 13.2 Å². The predicted octanol–water partition coefficient (Wildman–Crippen LogP) is 3.23. The SMILES string of the molecule is COc1ccc(OCCCC(=O)NCc2nnc3ccc(C(F)(F)F)cn23)cc1. The van der Waals surface area contributed by atoms with Gasteiger partial charge >= 0.3 is 6.18 Å². The summed E-state index contributed by atoms with van der Waals surface area (Å²) < 4.78 is 50.4. The van der Waals surface area contributed by atoms with Crippen molar-refractivity contribution in [3.63, 3.8) is 0 Å². The Labute approximate surface area is 164 Å². The summed E-state index contributed by atoms with van der Waals surface area (Å²) in [5.41, 5.74) is -0.539. The average Bonchev–Trinajstić information content (AvgIpc) is 3.12. The number of ether oxygens (including phenoxy) is 2. The van der Waals surface area contributed by atoms with E-state index in [1.807, 2.05) is 0 Å². The van der Waals surface area contributed by atoms with Crippen molar-refractivity contribution in [3.05, 3.63) is 54.0 Å². The molecule has 3 aromatic rings. The second kappa shape index (κ2) is 8.80. The van der Waals surface area contributed by atoms with Gasteiger partial charge in [-0.3, -0.25) is 9.20 Å². The Hall–Kier alpha value is -3.30. The van der Waals surface area contributed by atoms with E-state index < -0.39 is 11.7 Å². The molecule has 29 heavy (non-hydrogen) atoms. The van der Waals surface area contributed by atoms with Crippen LogP contribution in [0.1, 0.15) is 24.2 Å². The molecule has 3 rings (SSSR count). The average molecular weight is 408 g/mol. The first-order chi connectivity index (χ1) is 13.9. The summed E-state index contributed by atoms with van der Waals surface area (Å²) in [7, 11) is 1.58. The van der Waals surface area contributed by atoms with Crippen molar-refractivity contribution in [2.24, 2.45) is 0 Å². The molecular formula is C19H19F3N4O3. The number of pyridine rings is 1. The first kappa shape index (κ1) is 20.4. The lowest BCUT2D eigenvalue weighted by molar-refractivity contribution is -0.137. The number of methoxy groups -OCH3 is 1. The zero-order chi connectivity index (χ0) is 20.9. The van der Waals surface area contributed by atoms with Crippen LogP contribution in [0, 0.1) is 0 Å². The molecule has 0 unspecified atom stereocenters. The van der Waals surface area contributed by atoms with Gasteiger partial charge in [-0.15, -0.1) is 10.2 Å². The summed E-state index contributed by atoms with van der Waals surface area (Å²) in [6, 6.07) is 9.26. The Balaban J connectivity index is 1.46. The largest absolute Gasteiger partial charge is 0.497 e. The number of halogens is 3. The molecule has 0 spiro atoms. The number of nitrogens with zero attached hydrogens (tertiary/aromatic N) is 3. The zero-order valence-corrected chi connectivity index (χ0v) is 15.6. The Morgan fingerprint density at radius 3 is 2.52 bits per heavy atom. The smallest absolute Gasteiger partial charge is 0.417 e. The van der Waals surface area contributed by atoms with Crippen LogP contribution in [0.3, 0.4) is 0 Å². The van der Waals surface area contributed by atoms with Gasteiger partial charge in [-0.1, -0.05) is 0 Å². The highest BCUT2D eigenvalue weighted by Gasteiger charge is 2.31. The van der Waals surface area contributed by atoms with Gasteiger partial charge in [0.05, 0.1) is 25.8 Å². The lowest BCUT2D eigenvalue weighted by Gasteiger charge is -2.09. The van der Waals surface area contributed by atoms with Crippen LogP contribution in [0.25, 0.3) is 5.65 Å². The van der Waals surface area contributed by atoms with Crippen molar-refractivity contribution in [2.75, 3.05) is 13.7 Å². The maximum absolute atomic E-state index is 12.9. The fourth-order valence-corrected chi connectivity index (χ4v) is 2.59. The molecule has 2 aromatic heterocycles. The summed E-state index contributed by atoms with van der Waals surface area (Å²) in [4.78, 5) is 12.0. The second-order valence-electron chi connectivity index (χ2n) is 6.16. The van der Waals surface area contributed by atoms with Crippen LogP contribution in [-0.4, -0.2) is 34.2 Å². The highest BCUT2D eigenvalue weighted by Crippen LogP contribution is 2.29. The van der Waals surface area contributed by atoms with Gasteiger partial charge in [0.25, 0.3) is 0 Å². The number of benzene rings is 1. The van der Waals surface area contributed by atoms with Gasteiger partial charge in [-0.2, -0.15) is 13.2 Å². The lowest BCUT2D eigenvalue weighted by atomic mass is 10.3. The van der Waals surface area contributed by atoms with Gasteiger partial charge in [0.1, 0.15) is 11.5 Å². The summed E-state index contributed by atoms with van der Waals surface area (Å²) in [5, 5.41) is 10.3. The topological polar surface area (TPSA) is 77.8 Å². The molecule has 0 bridgehead atoms. The van der Waals surface area contributed by atoms with Gasteiger partial charge < -0.3 is 14.8 Å². The van der Waals surface area contributed by atoms with Crippen molar-refractivity contribution in [2.45, 2.75) is 25.6 Å². The third kappa shape index (κ3) is 5.37. The van der Waals surface area contributed by atoms with Gasteiger partial charge in [0.2, 0.25) is 5.91 Å². The Kier molecular flexibility index (Phi) is 6.20.